The van der Waals surface area contributed by atoms with E-state index in [4.69, 9.17) is 0 Å². The highest BCUT2D eigenvalue weighted by atomic mass is 16.2. The molecule has 0 unspecified atom stereocenters. The highest BCUT2D eigenvalue weighted by Gasteiger charge is 2.40. The van der Waals surface area contributed by atoms with Crippen LogP contribution in [-0.2, 0) is 11.2 Å². The van der Waals surface area contributed by atoms with Crippen LogP contribution in [-0.4, -0.2) is 35.5 Å². The molecule has 5 nitrogen and oxygen atoms in total. The molecule has 1 saturated heterocycles. The standard InChI is InChI=1S/C26H25N3O2/c30-24(18-19-10-12-21(13-11-19)20-6-2-1-3-7-20)29-16-14-26(15-17-29)27-23-9-5-4-8-22(23)25(31)28-26/h1-13,27H,14-18H2,(H,28,31). The summed E-state index contributed by atoms with van der Waals surface area (Å²) < 4.78 is 0. The van der Waals surface area contributed by atoms with E-state index in [1.54, 1.807) is 0 Å². The molecule has 2 N–H and O–H groups in total. The van der Waals surface area contributed by atoms with Crippen LogP contribution in [0.2, 0.25) is 0 Å². The van der Waals surface area contributed by atoms with E-state index >= 15 is 0 Å². The summed E-state index contributed by atoms with van der Waals surface area (Å²) in [6.45, 7) is 1.24. The summed E-state index contributed by atoms with van der Waals surface area (Å²) in [6, 6.07) is 26.0. The Labute approximate surface area is 182 Å². The number of piperidine rings is 1. The van der Waals surface area contributed by atoms with Crippen LogP contribution in [0.15, 0.2) is 78.9 Å². The molecule has 2 aliphatic heterocycles. The second-order valence-corrected chi connectivity index (χ2v) is 8.33. The fraction of sp³-hybridized carbons (Fsp3) is 0.231. The van der Waals surface area contributed by atoms with Crippen LogP contribution in [0.3, 0.4) is 0 Å². The molecule has 0 radical (unpaired) electrons. The Morgan fingerprint density at radius 3 is 2.19 bits per heavy atom. The number of carbonyl (C=O) groups is 2. The van der Waals surface area contributed by atoms with E-state index in [0.29, 0.717) is 37.9 Å². The van der Waals surface area contributed by atoms with Gasteiger partial charge in [-0.3, -0.25) is 9.59 Å². The van der Waals surface area contributed by atoms with Gasteiger partial charge in [0, 0.05) is 31.6 Å². The third-order valence-electron chi connectivity index (χ3n) is 6.28. The summed E-state index contributed by atoms with van der Waals surface area (Å²) in [7, 11) is 0. The Kier molecular flexibility index (Phi) is 4.94. The Morgan fingerprint density at radius 1 is 0.806 bits per heavy atom. The fourth-order valence-electron chi connectivity index (χ4n) is 4.48. The van der Waals surface area contributed by atoms with Crippen molar-refractivity contribution in [2.45, 2.75) is 24.9 Å². The maximum absolute atomic E-state index is 12.9. The van der Waals surface area contributed by atoms with Gasteiger partial charge >= 0.3 is 0 Å². The molecule has 0 aliphatic carbocycles. The van der Waals surface area contributed by atoms with Crippen LogP contribution in [0, 0.1) is 0 Å². The Bertz CT molecular complexity index is 1100. The van der Waals surface area contributed by atoms with E-state index < -0.39 is 5.66 Å². The van der Waals surface area contributed by atoms with Gasteiger partial charge < -0.3 is 15.5 Å². The van der Waals surface area contributed by atoms with Crippen molar-refractivity contribution in [3.05, 3.63) is 90.0 Å². The van der Waals surface area contributed by atoms with Crippen LogP contribution in [0.4, 0.5) is 5.69 Å². The normalized spacial score (nSPS) is 16.9. The molecule has 1 spiro atoms. The predicted octanol–water partition coefficient (Wildman–Crippen LogP) is 4.07. The molecule has 1 fully saturated rings. The van der Waals surface area contributed by atoms with Crippen molar-refractivity contribution in [1.82, 2.24) is 10.2 Å². The molecule has 3 aromatic rings. The average Bonchev–Trinajstić information content (AvgIpc) is 2.80. The summed E-state index contributed by atoms with van der Waals surface area (Å²) in [4.78, 5) is 27.3. The topological polar surface area (TPSA) is 61.4 Å². The average molecular weight is 412 g/mol. The Hall–Kier alpha value is -3.60. The van der Waals surface area contributed by atoms with Crippen LogP contribution in [0.5, 0.6) is 0 Å². The maximum atomic E-state index is 12.9. The third-order valence-corrected chi connectivity index (χ3v) is 6.28. The van der Waals surface area contributed by atoms with Gasteiger partial charge in [-0.2, -0.15) is 0 Å². The summed E-state index contributed by atoms with van der Waals surface area (Å²) >= 11 is 0. The molecular weight excluding hydrogens is 386 g/mol. The molecule has 0 bridgehead atoms. The lowest BCUT2D eigenvalue weighted by atomic mass is 9.92. The van der Waals surface area contributed by atoms with E-state index in [9.17, 15) is 9.59 Å². The van der Waals surface area contributed by atoms with E-state index in [2.05, 4.69) is 34.9 Å². The molecule has 2 amide bonds. The van der Waals surface area contributed by atoms with Crippen molar-refractivity contribution in [2.75, 3.05) is 18.4 Å². The zero-order valence-corrected chi connectivity index (χ0v) is 17.3. The first-order chi connectivity index (χ1) is 15.1. The van der Waals surface area contributed by atoms with Crippen molar-refractivity contribution in [3.63, 3.8) is 0 Å². The van der Waals surface area contributed by atoms with Gasteiger partial charge in [0.15, 0.2) is 0 Å². The fourth-order valence-corrected chi connectivity index (χ4v) is 4.48. The second kappa shape index (κ2) is 7.91. The lowest BCUT2D eigenvalue weighted by Gasteiger charge is -2.45. The number of fused-ring (bicyclic) bond motifs is 1. The Balaban J connectivity index is 1.20. The van der Waals surface area contributed by atoms with Crippen molar-refractivity contribution in [3.8, 4) is 11.1 Å². The first kappa shape index (κ1) is 19.4. The van der Waals surface area contributed by atoms with Crippen LogP contribution >= 0.6 is 0 Å². The molecule has 3 aromatic carbocycles. The number of nitrogens with one attached hydrogen (secondary N) is 2. The van der Waals surface area contributed by atoms with Gasteiger partial charge in [-0.05, 0) is 28.8 Å². The molecule has 0 aromatic heterocycles. The summed E-state index contributed by atoms with van der Waals surface area (Å²) in [6.07, 6.45) is 1.77. The smallest absolute Gasteiger partial charge is 0.255 e. The summed E-state index contributed by atoms with van der Waals surface area (Å²) in [5.41, 5.74) is 4.40. The van der Waals surface area contributed by atoms with E-state index in [0.717, 1.165) is 16.8 Å². The van der Waals surface area contributed by atoms with E-state index in [1.807, 2.05) is 59.5 Å². The van der Waals surface area contributed by atoms with Crippen LogP contribution in [0.25, 0.3) is 11.1 Å². The predicted molar refractivity (Wildman–Crippen MR) is 122 cm³/mol. The second-order valence-electron chi connectivity index (χ2n) is 8.33. The van der Waals surface area contributed by atoms with Gasteiger partial charge in [0.25, 0.3) is 5.91 Å². The third kappa shape index (κ3) is 3.91. The van der Waals surface area contributed by atoms with Gasteiger partial charge in [0.2, 0.25) is 5.91 Å². The SMILES string of the molecule is O=C1NC2(CCN(C(=O)Cc3ccc(-c4ccccc4)cc3)CC2)Nc2ccccc21. The number of para-hydroxylation sites is 1. The number of nitrogens with zero attached hydrogens (tertiary/aromatic N) is 1. The van der Waals surface area contributed by atoms with Crippen molar-refractivity contribution < 1.29 is 9.59 Å². The molecule has 2 aliphatic rings. The number of likely N-dealkylation sites (tertiary alicyclic amines) is 1. The molecule has 31 heavy (non-hydrogen) atoms. The monoisotopic (exact) mass is 411 g/mol. The number of benzene rings is 3. The molecule has 5 rings (SSSR count). The highest BCUT2D eigenvalue weighted by molar-refractivity contribution is 6.02. The van der Waals surface area contributed by atoms with E-state index in [-0.39, 0.29) is 11.8 Å². The number of hydrogen-bond acceptors (Lipinski definition) is 3. The van der Waals surface area contributed by atoms with Crippen LogP contribution in [0.1, 0.15) is 28.8 Å². The van der Waals surface area contributed by atoms with Gasteiger partial charge in [-0.25, -0.2) is 0 Å². The van der Waals surface area contributed by atoms with Gasteiger partial charge in [-0.15, -0.1) is 0 Å². The molecule has 0 saturated carbocycles. The summed E-state index contributed by atoms with van der Waals surface area (Å²) in [5.74, 6) is 0.0810. The minimum atomic E-state index is -0.473. The van der Waals surface area contributed by atoms with Gasteiger partial charge in [0.1, 0.15) is 5.66 Å². The quantitative estimate of drug-likeness (QED) is 0.683. The number of anilines is 1. The van der Waals surface area contributed by atoms with Crippen molar-refractivity contribution in [1.29, 1.82) is 0 Å². The number of hydrogen-bond donors (Lipinski definition) is 2. The zero-order chi connectivity index (χ0) is 21.3. The summed E-state index contributed by atoms with van der Waals surface area (Å²) in [5, 5.41) is 6.63. The van der Waals surface area contributed by atoms with Crippen molar-refractivity contribution >= 4 is 17.5 Å². The molecule has 0 atom stereocenters. The zero-order valence-electron chi connectivity index (χ0n) is 17.3. The molecule has 5 heteroatoms. The van der Waals surface area contributed by atoms with Crippen LogP contribution < -0.4 is 10.6 Å². The number of rotatable bonds is 3. The van der Waals surface area contributed by atoms with Gasteiger partial charge in [-0.1, -0.05) is 66.7 Å². The van der Waals surface area contributed by atoms with E-state index in [1.165, 1.54) is 5.56 Å². The highest BCUT2D eigenvalue weighted by Crippen LogP contribution is 2.31. The largest absolute Gasteiger partial charge is 0.362 e. The lowest BCUT2D eigenvalue weighted by Crippen LogP contribution is -2.62. The minimum Gasteiger partial charge on any atom is -0.362 e. The first-order valence-electron chi connectivity index (χ1n) is 10.7. The van der Waals surface area contributed by atoms with Crippen molar-refractivity contribution in [2.24, 2.45) is 0 Å². The molecule has 156 valence electrons. The molecule has 2 heterocycles. The Morgan fingerprint density at radius 2 is 1.45 bits per heavy atom. The number of carbonyl (C=O) groups excluding carboxylic acids is 2. The minimum absolute atomic E-state index is 0.0485. The maximum Gasteiger partial charge on any atom is 0.255 e. The first-order valence-corrected chi connectivity index (χ1v) is 10.7. The lowest BCUT2D eigenvalue weighted by molar-refractivity contribution is -0.132. The number of amides is 2. The molecular formula is C26H25N3O2. The van der Waals surface area contributed by atoms with Gasteiger partial charge in [0.05, 0.1) is 12.0 Å².